The standard InChI is InChI=1S/C24H19N3O5S2/c1-16(28)25-19-9-13-21(14-10-19)34(31,32)27-23(30)22(15-17-7-11-20(29)12-8-17)33-24(27)26-18-5-3-2-4-6-18/h2-15,29H,1H3,(H,25,28). The van der Waals surface area contributed by atoms with Crippen molar-refractivity contribution < 1.29 is 23.1 Å². The smallest absolute Gasteiger partial charge is 0.280 e. The van der Waals surface area contributed by atoms with Gasteiger partial charge < -0.3 is 10.4 Å². The van der Waals surface area contributed by atoms with Crippen molar-refractivity contribution in [2.75, 3.05) is 5.32 Å². The van der Waals surface area contributed by atoms with E-state index in [1.807, 2.05) is 0 Å². The SMILES string of the molecule is CC(=O)Nc1ccc(S(=O)(=O)N2C(=O)C(=Cc3ccc(O)cc3)SC2=Nc2ccccc2)cc1. The highest BCUT2D eigenvalue weighted by Crippen LogP contribution is 2.38. The number of phenols is 1. The topological polar surface area (TPSA) is 116 Å². The molecule has 2 N–H and O–H groups in total. The molecule has 34 heavy (non-hydrogen) atoms. The Labute approximate surface area is 200 Å². The molecule has 2 amide bonds. The first kappa shape index (κ1) is 23.3. The molecule has 172 valence electrons. The molecule has 3 aromatic carbocycles. The number of carbonyl (C=O) groups excluding carboxylic acids is 2. The van der Waals surface area contributed by atoms with E-state index in [0.717, 1.165) is 11.8 Å². The molecular formula is C24H19N3O5S2. The predicted molar refractivity (Wildman–Crippen MR) is 132 cm³/mol. The van der Waals surface area contributed by atoms with Gasteiger partial charge in [-0.15, -0.1) is 0 Å². The third-order valence-electron chi connectivity index (χ3n) is 4.65. The minimum atomic E-state index is -4.30. The molecule has 0 aliphatic carbocycles. The number of nitrogens with zero attached hydrogens (tertiary/aromatic N) is 2. The Morgan fingerprint density at radius 2 is 1.65 bits per heavy atom. The maximum Gasteiger partial charge on any atom is 0.280 e. The van der Waals surface area contributed by atoms with E-state index in [-0.39, 0.29) is 26.6 Å². The second-order valence-corrected chi connectivity index (χ2v) is 10.0. The van der Waals surface area contributed by atoms with E-state index in [9.17, 15) is 23.1 Å². The number of amidine groups is 1. The Kier molecular flexibility index (Phi) is 6.53. The molecule has 1 heterocycles. The van der Waals surface area contributed by atoms with Gasteiger partial charge in [0.15, 0.2) is 5.17 Å². The van der Waals surface area contributed by atoms with Gasteiger partial charge in [-0.2, -0.15) is 4.31 Å². The molecule has 1 aliphatic heterocycles. The molecule has 4 rings (SSSR count). The van der Waals surface area contributed by atoms with Crippen LogP contribution < -0.4 is 5.32 Å². The van der Waals surface area contributed by atoms with E-state index < -0.39 is 15.9 Å². The normalized spacial score (nSPS) is 16.3. The molecule has 8 nitrogen and oxygen atoms in total. The van der Waals surface area contributed by atoms with E-state index in [0.29, 0.717) is 21.2 Å². The molecule has 1 aliphatic rings. The fraction of sp³-hybridized carbons (Fsp3) is 0.0417. The summed E-state index contributed by atoms with van der Waals surface area (Å²) >= 11 is 0.943. The number of phenolic OH excluding ortho intramolecular Hbond substituents is 1. The Bertz CT molecular complexity index is 1400. The van der Waals surface area contributed by atoms with Crippen LogP contribution in [0.5, 0.6) is 5.75 Å². The summed E-state index contributed by atoms with van der Waals surface area (Å²) in [7, 11) is -4.30. The maximum atomic E-state index is 13.5. The molecule has 0 unspecified atom stereocenters. The summed E-state index contributed by atoms with van der Waals surface area (Å²) in [5.41, 5.74) is 1.54. The highest BCUT2D eigenvalue weighted by Gasteiger charge is 2.42. The first-order valence-electron chi connectivity index (χ1n) is 10.0. The van der Waals surface area contributed by atoms with Crippen LogP contribution in [0.4, 0.5) is 11.4 Å². The summed E-state index contributed by atoms with van der Waals surface area (Å²) in [6.07, 6.45) is 1.54. The fourth-order valence-corrected chi connectivity index (χ4v) is 5.70. The van der Waals surface area contributed by atoms with Crippen molar-refractivity contribution in [3.05, 3.63) is 89.3 Å². The van der Waals surface area contributed by atoms with E-state index in [2.05, 4.69) is 10.3 Å². The van der Waals surface area contributed by atoms with Gasteiger partial charge in [0.2, 0.25) is 5.91 Å². The molecule has 0 radical (unpaired) electrons. The summed E-state index contributed by atoms with van der Waals surface area (Å²) in [5.74, 6) is -0.951. The van der Waals surface area contributed by atoms with E-state index in [1.165, 1.54) is 43.3 Å². The summed E-state index contributed by atoms with van der Waals surface area (Å²) in [6.45, 7) is 1.35. The van der Waals surface area contributed by atoms with Crippen LogP contribution in [0.1, 0.15) is 12.5 Å². The number of rotatable bonds is 5. The van der Waals surface area contributed by atoms with Gasteiger partial charge in [-0.1, -0.05) is 30.3 Å². The number of amides is 2. The molecule has 0 aromatic heterocycles. The van der Waals surface area contributed by atoms with E-state index >= 15 is 0 Å². The lowest BCUT2D eigenvalue weighted by molar-refractivity contribution is -0.119. The van der Waals surface area contributed by atoms with Crippen LogP contribution in [0.25, 0.3) is 6.08 Å². The van der Waals surface area contributed by atoms with E-state index in [1.54, 1.807) is 48.5 Å². The molecule has 0 atom stereocenters. The zero-order chi connectivity index (χ0) is 24.3. The molecule has 1 fully saturated rings. The van der Waals surface area contributed by atoms with Gasteiger partial charge in [-0.05, 0) is 71.9 Å². The number of hydrogen-bond donors (Lipinski definition) is 2. The summed E-state index contributed by atoms with van der Waals surface area (Å²) in [4.78, 5) is 29.0. The van der Waals surface area contributed by atoms with Crippen LogP contribution in [0.3, 0.4) is 0 Å². The minimum absolute atomic E-state index is 0.00725. The Balaban J connectivity index is 1.76. The molecule has 10 heteroatoms. The highest BCUT2D eigenvalue weighted by molar-refractivity contribution is 8.20. The van der Waals surface area contributed by atoms with E-state index in [4.69, 9.17) is 0 Å². The van der Waals surface area contributed by atoms with Crippen LogP contribution in [-0.4, -0.2) is 34.8 Å². The molecule has 0 saturated carbocycles. The van der Waals surface area contributed by atoms with Crippen molar-refractivity contribution in [1.29, 1.82) is 0 Å². The molecular weight excluding hydrogens is 474 g/mol. The number of hydrogen-bond acceptors (Lipinski definition) is 7. The number of carbonyl (C=O) groups is 2. The molecule has 1 saturated heterocycles. The zero-order valence-electron chi connectivity index (χ0n) is 17.9. The molecule has 3 aromatic rings. The van der Waals surface area contributed by atoms with Crippen LogP contribution >= 0.6 is 11.8 Å². The Morgan fingerprint density at radius 3 is 2.26 bits per heavy atom. The van der Waals surface area contributed by atoms with Gasteiger partial charge in [0, 0.05) is 12.6 Å². The number of aromatic hydroxyl groups is 1. The maximum absolute atomic E-state index is 13.5. The third kappa shape index (κ3) is 5.03. The van der Waals surface area contributed by atoms with Gasteiger partial charge in [0.1, 0.15) is 5.75 Å². The van der Waals surface area contributed by atoms with Crippen LogP contribution in [0.15, 0.2) is 93.7 Å². The monoisotopic (exact) mass is 493 g/mol. The number of anilines is 1. The van der Waals surface area contributed by atoms with Crippen LogP contribution in [0.2, 0.25) is 0 Å². The lowest BCUT2D eigenvalue weighted by Gasteiger charge is -2.16. The van der Waals surface area contributed by atoms with Crippen molar-refractivity contribution in [1.82, 2.24) is 4.31 Å². The quantitative estimate of drug-likeness (QED) is 0.511. The summed E-state index contributed by atoms with van der Waals surface area (Å²) in [6, 6.07) is 20.4. The average Bonchev–Trinajstić information content (AvgIpc) is 3.11. The number of nitrogens with one attached hydrogen (secondary N) is 1. The lowest BCUT2D eigenvalue weighted by atomic mass is 10.2. The van der Waals surface area contributed by atoms with Crippen molar-refractivity contribution >= 4 is 56.2 Å². The van der Waals surface area contributed by atoms with Crippen molar-refractivity contribution in [3.8, 4) is 5.75 Å². The predicted octanol–water partition coefficient (Wildman–Crippen LogP) is 4.34. The van der Waals surface area contributed by atoms with Crippen LogP contribution in [0, 0.1) is 0 Å². The first-order valence-corrected chi connectivity index (χ1v) is 12.3. The lowest BCUT2D eigenvalue weighted by Crippen LogP contribution is -2.35. The average molecular weight is 494 g/mol. The third-order valence-corrected chi connectivity index (χ3v) is 7.43. The number of sulfonamides is 1. The molecule has 0 bridgehead atoms. The van der Waals surface area contributed by atoms with Gasteiger partial charge in [0.25, 0.3) is 15.9 Å². The number of aliphatic imine (C=N–C) groups is 1. The van der Waals surface area contributed by atoms with Gasteiger partial charge in [-0.3, -0.25) is 9.59 Å². The largest absolute Gasteiger partial charge is 0.508 e. The summed E-state index contributed by atoms with van der Waals surface area (Å²) < 4.78 is 27.7. The van der Waals surface area contributed by atoms with Gasteiger partial charge in [-0.25, -0.2) is 13.4 Å². The highest BCUT2D eigenvalue weighted by atomic mass is 32.2. The summed E-state index contributed by atoms with van der Waals surface area (Å²) in [5, 5.41) is 12.1. The number of thioether (sulfide) groups is 1. The van der Waals surface area contributed by atoms with Gasteiger partial charge in [0.05, 0.1) is 15.5 Å². The second-order valence-electron chi connectivity index (χ2n) is 7.21. The second kappa shape index (κ2) is 9.54. The van der Waals surface area contributed by atoms with Crippen molar-refractivity contribution in [2.45, 2.75) is 11.8 Å². The van der Waals surface area contributed by atoms with Gasteiger partial charge >= 0.3 is 0 Å². The Hall–Kier alpha value is -3.89. The van der Waals surface area contributed by atoms with Crippen molar-refractivity contribution in [3.63, 3.8) is 0 Å². The zero-order valence-corrected chi connectivity index (χ0v) is 19.5. The number of benzene rings is 3. The van der Waals surface area contributed by atoms with Crippen LogP contribution in [-0.2, 0) is 19.6 Å². The fourth-order valence-electron chi connectivity index (χ4n) is 3.10. The Morgan fingerprint density at radius 1 is 1.00 bits per heavy atom. The minimum Gasteiger partial charge on any atom is -0.508 e. The van der Waals surface area contributed by atoms with Crippen molar-refractivity contribution in [2.24, 2.45) is 4.99 Å². The number of para-hydroxylation sites is 1. The first-order chi connectivity index (χ1) is 16.2. The molecule has 0 spiro atoms.